The van der Waals surface area contributed by atoms with E-state index in [1.165, 1.54) is 7.11 Å². The fourth-order valence-electron chi connectivity index (χ4n) is 2.43. The van der Waals surface area contributed by atoms with Crippen molar-refractivity contribution in [1.29, 1.82) is 0 Å². The Labute approximate surface area is 121 Å². The van der Waals surface area contributed by atoms with Crippen molar-refractivity contribution in [3.63, 3.8) is 0 Å². The molecular weight excluding hydrogens is 256 g/mol. The number of alkyl carbamates (subject to hydrolysis) is 1. The van der Waals surface area contributed by atoms with Gasteiger partial charge in [-0.2, -0.15) is 0 Å². The molecule has 0 bridgehead atoms. The molecule has 0 aromatic heterocycles. The topological polar surface area (TPSA) is 67.4 Å². The van der Waals surface area contributed by atoms with Gasteiger partial charge in [-0.05, 0) is 24.7 Å². The number of hydrogen-bond acceptors (Lipinski definition) is 3. The van der Waals surface area contributed by atoms with Gasteiger partial charge in [0.05, 0.1) is 7.11 Å². The third kappa shape index (κ3) is 3.74. The Hall–Kier alpha value is -1.52. The zero-order valence-corrected chi connectivity index (χ0v) is 13.0. The number of nitrogens with one attached hydrogen (secondary N) is 2. The summed E-state index contributed by atoms with van der Waals surface area (Å²) in [7, 11) is 1.29. The van der Waals surface area contributed by atoms with Crippen LogP contribution in [0.25, 0.3) is 0 Å². The Balaban J connectivity index is 2.77. The highest BCUT2D eigenvalue weighted by Crippen LogP contribution is 2.31. The van der Waals surface area contributed by atoms with E-state index in [2.05, 4.69) is 41.4 Å². The molecule has 1 rings (SSSR count). The molecule has 0 aromatic rings. The molecule has 20 heavy (non-hydrogen) atoms. The number of hydrogen-bond donors (Lipinski definition) is 2. The minimum Gasteiger partial charge on any atom is -0.453 e. The third-order valence-corrected chi connectivity index (χ3v) is 4.02. The van der Waals surface area contributed by atoms with Crippen LogP contribution in [0.3, 0.4) is 0 Å². The van der Waals surface area contributed by atoms with Gasteiger partial charge in [0.1, 0.15) is 6.04 Å². The number of carbonyl (C=O) groups excluding carboxylic acids is 2. The van der Waals surface area contributed by atoms with Gasteiger partial charge in [-0.3, -0.25) is 4.79 Å². The maximum atomic E-state index is 12.5. The van der Waals surface area contributed by atoms with Crippen molar-refractivity contribution in [2.45, 2.75) is 52.1 Å². The van der Waals surface area contributed by atoms with Crippen molar-refractivity contribution in [3.05, 3.63) is 12.2 Å². The number of ether oxygens (including phenoxy) is 1. The Bertz CT molecular complexity index is 381. The maximum Gasteiger partial charge on any atom is 0.407 e. The predicted molar refractivity (Wildman–Crippen MR) is 78.3 cm³/mol. The van der Waals surface area contributed by atoms with E-state index in [-0.39, 0.29) is 17.4 Å². The number of carbonyl (C=O) groups is 2. The molecule has 0 saturated heterocycles. The minimum absolute atomic E-state index is 0.00678. The Morgan fingerprint density at radius 1 is 1.15 bits per heavy atom. The molecule has 0 radical (unpaired) electrons. The van der Waals surface area contributed by atoms with Crippen molar-refractivity contribution >= 4 is 12.0 Å². The SMILES string of the molecule is COC(=O)N[C@H](C(=O)NC1(C(C)C)CC=CC1)C(C)C. The molecule has 2 amide bonds. The van der Waals surface area contributed by atoms with Crippen molar-refractivity contribution in [2.24, 2.45) is 11.8 Å². The number of methoxy groups -OCH3 is 1. The lowest BCUT2D eigenvalue weighted by atomic mass is 9.83. The largest absolute Gasteiger partial charge is 0.453 e. The zero-order chi connectivity index (χ0) is 15.3. The van der Waals surface area contributed by atoms with Gasteiger partial charge in [0.15, 0.2) is 0 Å². The minimum atomic E-state index is -0.585. The second-order valence-corrected chi connectivity index (χ2v) is 6.04. The number of rotatable bonds is 5. The quantitative estimate of drug-likeness (QED) is 0.760. The average molecular weight is 282 g/mol. The van der Waals surface area contributed by atoms with E-state index >= 15 is 0 Å². The molecule has 0 heterocycles. The van der Waals surface area contributed by atoms with Crippen LogP contribution in [0, 0.1) is 11.8 Å². The van der Waals surface area contributed by atoms with Crippen LogP contribution in [0.1, 0.15) is 40.5 Å². The first-order chi connectivity index (χ1) is 9.32. The molecule has 5 nitrogen and oxygen atoms in total. The molecule has 1 aliphatic rings. The molecule has 2 N–H and O–H groups in total. The fraction of sp³-hybridized carbons (Fsp3) is 0.733. The molecule has 0 fully saturated rings. The molecule has 0 unspecified atom stereocenters. The standard InChI is InChI=1S/C15H26N2O3/c1-10(2)12(16-14(19)20-5)13(18)17-15(11(3)4)8-6-7-9-15/h6-7,10-12H,8-9H2,1-5H3,(H,16,19)(H,17,18)/t12-/m0/s1. The second kappa shape index (κ2) is 6.77. The van der Waals surface area contributed by atoms with E-state index in [9.17, 15) is 9.59 Å². The molecule has 1 aliphatic carbocycles. The maximum absolute atomic E-state index is 12.5. The van der Waals surface area contributed by atoms with Crippen molar-refractivity contribution < 1.29 is 14.3 Å². The smallest absolute Gasteiger partial charge is 0.407 e. The normalized spacial score (nSPS) is 18.1. The molecule has 1 atom stereocenters. The molecule has 114 valence electrons. The lowest BCUT2D eigenvalue weighted by Gasteiger charge is -2.36. The van der Waals surface area contributed by atoms with Crippen molar-refractivity contribution in [3.8, 4) is 0 Å². The summed E-state index contributed by atoms with van der Waals surface area (Å²) < 4.78 is 4.58. The van der Waals surface area contributed by atoms with Gasteiger partial charge in [0, 0.05) is 5.54 Å². The van der Waals surface area contributed by atoms with Crippen LogP contribution in [0.2, 0.25) is 0 Å². The first-order valence-electron chi connectivity index (χ1n) is 7.14. The molecule has 0 aromatic carbocycles. The van der Waals surface area contributed by atoms with E-state index in [1.807, 2.05) is 13.8 Å². The van der Waals surface area contributed by atoms with Gasteiger partial charge in [-0.15, -0.1) is 0 Å². The van der Waals surface area contributed by atoms with Crippen LogP contribution in [-0.2, 0) is 9.53 Å². The van der Waals surface area contributed by atoms with E-state index in [1.54, 1.807) is 0 Å². The van der Waals surface area contributed by atoms with Crippen molar-refractivity contribution in [2.75, 3.05) is 7.11 Å². The Kier molecular flexibility index (Phi) is 5.60. The summed E-state index contributed by atoms with van der Waals surface area (Å²) in [5.74, 6) is 0.169. The van der Waals surface area contributed by atoms with Crippen molar-refractivity contribution in [1.82, 2.24) is 10.6 Å². The van der Waals surface area contributed by atoms with Crippen LogP contribution in [-0.4, -0.2) is 30.7 Å². The van der Waals surface area contributed by atoms with Gasteiger partial charge in [-0.1, -0.05) is 39.8 Å². The highest BCUT2D eigenvalue weighted by atomic mass is 16.5. The van der Waals surface area contributed by atoms with Crippen LogP contribution < -0.4 is 10.6 Å². The molecule has 0 aliphatic heterocycles. The Morgan fingerprint density at radius 2 is 1.70 bits per heavy atom. The predicted octanol–water partition coefficient (Wildman–Crippen LogP) is 2.23. The van der Waals surface area contributed by atoms with Gasteiger partial charge in [0.25, 0.3) is 0 Å². The Morgan fingerprint density at radius 3 is 2.10 bits per heavy atom. The first-order valence-corrected chi connectivity index (χ1v) is 7.14. The van der Waals surface area contributed by atoms with Gasteiger partial charge in [0.2, 0.25) is 5.91 Å². The summed E-state index contributed by atoms with van der Waals surface area (Å²) in [5.41, 5.74) is -0.234. The van der Waals surface area contributed by atoms with Crippen LogP contribution in [0.15, 0.2) is 12.2 Å². The second-order valence-electron chi connectivity index (χ2n) is 6.04. The highest BCUT2D eigenvalue weighted by Gasteiger charge is 2.38. The first kappa shape index (κ1) is 16.5. The molecule has 0 spiro atoms. The van der Waals surface area contributed by atoms with Gasteiger partial charge < -0.3 is 15.4 Å². The lowest BCUT2D eigenvalue weighted by molar-refractivity contribution is -0.126. The van der Waals surface area contributed by atoms with Crippen LogP contribution in [0.5, 0.6) is 0 Å². The summed E-state index contributed by atoms with van der Waals surface area (Å²) in [6, 6.07) is -0.585. The fourth-order valence-corrected chi connectivity index (χ4v) is 2.43. The molecular formula is C15H26N2O3. The van der Waals surface area contributed by atoms with E-state index in [0.29, 0.717) is 5.92 Å². The summed E-state index contributed by atoms with van der Waals surface area (Å²) in [4.78, 5) is 23.8. The zero-order valence-electron chi connectivity index (χ0n) is 13.0. The monoisotopic (exact) mass is 282 g/mol. The number of amides is 2. The molecule has 5 heteroatoms. The molecule has 0 saturated carbocycles. The van der Waals surface area contributed by atoms with Gasteiger partial charge >= 0.3 is 6.09 Å². The lowest BCUT2D eigenvalue weighted by Crippen LogP contribution is -2.58. The van der Waals surface area contributed by atoms with Crippen LogP contribution in [0.4, 0.5) is 4.79 Å². The summed E-state index contributed by atoms with van der Waals surface area (Å²) in [6.07, 6.45) is 5.28. The van der Waals surface area contributed by atoms with Crippen LogP contribution >= 0.6 is 0 Å². The highest BCUT2D eigenvalue weighted by molar-refractivity contribution is 5.86. The van der Waals surface area contributed by atoms with E-state index in [0.717, 1.165) is 12.8 Å². The summed E-state index contributed by atoms with van der Waals surface area (Å²) >= 11 is 0. The van der Waals surface area contributed by atoms with E-state index in [4.69, 9.17) is 0 Å². The summed E-state index contributed by atoms with van der Waals surface area (Å²) in [6.45, 7) is 8.00. The van der Waals surface area contributed by atoms with E-state index < -0.39 is 12.1 Å². The summed E-state index contributed by atoms with van der Waals surface area (Å²) in [5, 5.41) is 5.73. The van der Waals surface area contributed by atoms with Gasteiger partial charge in [-0.25, -0.2) is 4.79 Å². The average Bonchev–Trinajstić information content (AvgIpc) is 2.84. The third-order valence-electron chi connectivity index (χ3n) is 4.02.